The Morgan fingerprint density at radius 2 is 2.20 bits per heavy atom. The lowest BCUT2D eigenvalue weighted by atomic mass is 10.1. The Balaban J connectivity index is 2.20. The molecule has 2 rings (SSSR count). The van der Waals surface area contributed by atoms with Crippen molar-refractivity contribution in [2.24, 2.45) is 5.92 Å². The molecule has 1 aliphatic rings. The van der Waals surface area contributed by atoms with Crippen LogP contribution < -0.4 is 5.32 Å². The fourth-order valence-electron chi connectivity index (χ4n) is 1.89. The number of hydrogen-bond donors (Lipinski definition) is 1. The number of nitro groups is 1. The first-order chi connectivity index (χ1) is 9.28. The van der Waals surface area contributed by atoms with E-state index < -0.39 is 32.3 Å². The largest absolute Gasteiger partial charge is 0.311 e. The predicted molar refractivity (Wildman–Crippen MR) is 71.3 cm³/mol. The lowest BCUT2D eigenvalue weighted by Crippen LogP contribution is -2.24. The number of anilines is 1. The first-order valence-electron chi connectivity index (χ1n) is 5.61. The Bertz CT molecular complexity index is 675. The molecule has 2 heterocycles. The maximum atomic E-state index is 11.9. The Morgan fingerprint density at radius 3 is 2.75 bits per heavy atom. The summed E-state index contributed by atoms with van der Waals surface area (Å²) >= 11 is 5.63. The minimum Gasteiger partial charge on any atom is -0.305 e. The van der Waals surface area contributed by atoms with Gasteiger partial charge in [0.25, 0.3) is 0 Å². The van der Waals surface area contributed by atoms with Gasteiger partial charge in [0.05, 0.1) is 22.3 Å². The SMILES string of the molecule is O=C(Nc1nc(Cl)ccc1[N+](=O)[O-])C1CCS(=O)(=O)C1. The molecule has 10 heteroatoms. The third-order valence-electron chi connectivity index (χ3n) is 2.88. The molecule has 20 heavy (non-hydrogen) atoms. The third kappa shape index (κ3) is 3.23. The normalized spacial score (nSPS) is 20.6. The number of amides is 1. The molecule has 0 aromatic carbocycles. The highest BCUT2D eigenvalue weighted by Crippen LogP contribution is 2.26. The summed E-state index contributed by atoms with van der Waals surface area (Å²) < 4.78 is 22.6. The van der Waals surface area contributed by atoms with E-state index in [1.54, 1.807) is 0 Å². The standard InChI is InChI=1S/C10H10ClN3O5S/c11-8-2-1-7(14(16)17)9(12-8)13-10(15)6-3-4-20(18,19)5-6/h1-2,6H,3-5H2,(H,12,13,15). The van der Waals surface area contributed by atoms with Crippen LogP contribution in [0.15, 0.2) is 12.1 Å². The van der Waals surface area contributed by atoms with E-state index in [0.29, 0.717) is 0 Å². The van der Waals surface area contributed by atoms with Crippen LogP contribution in [0.1, 0.15) is 6.42 Å². The fourth-order valence-corrected chi connectivity index (χ4v) is 3.78. The van der Waals surface area contributed by atoms with Crippen LogP contribution in [0.2, 0.25) is 5.15 Å². The number of pyridine rings is 1. The molecular weight excluding hydrogens is 310 g/mol. The van der Waals surface area contributed by atoms with Crippen molar-refractivity contribution in [3.05, 3.63) is 27.4 Å². The summed E-state index contributed by atoms with van der Waals surface area (Å²) in [5, 5.41) is 13.1. The summed E-state index contributed by atoms with van der Waals surface area (Å²) in [6.07, 6.45) is 0.197. The number of carbonyl (C=O) groups is 1. The zero-order valence-electron chi connectivity index (χ0n) is 10.1. The zero-order chi connectivity index (χ0) is 14.9. The van der Waals surface area contributed by atoms with E-state index in [1.807, 2.05) is 0 Å². The average Bonchev–Trinajstić information content (AvgIpc) is 2.69. The smallest absolute Gasteiger partial charge is 0.305 e. The van der Waals surface area contributed by atoms with Crippen molar-refractivity contribution in [2.75, 3.05) is 16.8 Å². The van der Waals surface area contributed by atoms with Gasteiger partial charge in [0.2, 0.25) is 11.7 Å². The quantitative estimate of drug-likeness (QED) is 0.504. The summed E-state index contributed by atoms with van der Waals surface area (Å²) in [5.41, 5.74) is -0.399. The predicted octanol–water partition coefficient (Wildman–Crippen LogP) is 1.02. The van der Waals surface area contributed by atoms with E-state index in [1.165, 1.54) is 6.07 Å². The van der Waals surface area contributed by atoms with Gasteiger partial charge in [-0.15, -0.1) is 0 Å². The first kappa shape index (κ1) is 14.7. The highest BCUT2D eigenvalue weighted by atomic mass is 35.5. The monoisotopic (exact) mass is 319 g/mol. The third-order valence-corrected chi connectivity index (χ3v) is 4.86. The maximum absolute atomic E-state index is 11.9. The number of hydrogen-bond acceptors (Lipinski definition) is 6. The molecule has 0 bridgehead atoms. The first-order valence-corrected chi connectivity index (χ1v) is 7.80. The molecule has 1 N–H and O–H groups in total. The molecule has 0 saturated carbocycles. The van der Waals surface area contributed by atoms with Crippen LogP contribution in [0.4, 0.5) is 11.5 Å². The highest BCUT2D eigenvalue weighted by Gasteiger charge is 2.34. The van der Waals surface area contributed by atoms with Crippen LogP contribution in [-0.4, -0.2) is 35.7 Å². The summed E-state index contributed by atoms with van der Waals surface area (Å²) in [5.74, 6) is -1.93. The lowest BCUT2D eigenvalue weighted by molar-refractivity contribution is -0.384. The molecule has 0 spiro atoms. The second-order valence-electron chi connectivity index (χ2n) is 4.35. The van der Waals surface area contributed by atoms with Gasteiger partial charge in [-0.1, -0.05) is 11.6 Å². The number of aromatic nitrogens is 1. The molecule has 1 amide bonds. The molecule has 1 fully saturated rings. The van der Waals surface area contributed by atoms with Crippen LogP contribution in [0.25, 0.3) is 0 Å². The molecule has 108 valence electrons. The van der Waals surface area contributed by atoms with Gasteiger partial charge in [0.1, 0.15) is 5.15 Å². The second kappa shape index (κ2) is 5.33. The topological polar surface area (TPSA) is 119 Å². The fraction of sp³-hybridized carbons (Fsp3) is 0.400. The van der Waals surface area contributed by atoms with Crippen molar-refractivity contribution in [3.8, 4) is 0 Å². The van der Waals surface area contributed by atoms with Crippen LogP contribution in [-0.2, 0) is 14.6 Å². The maximum Gasteiger partial charge on any atom is 0.311 e. The van der Waals surface area contributed by atoms with Gasteiger partial charge < -0.3 is 5.32 Å². The Hall–Kier alpha value is -1.74. The van der Waals surface area contributed by atoms with Gasteiger partial charge in [0, 0.05) is 6.07 Å². The molecule has 1 atom stereocenters. The molecule has 1 unspecified atom stereocenters. The second-order valence-corrected chi connectivity index (χ2v) is 6.96. The van der Waals surface area contributed by atoms with Crippen molar-refractivity contribution >= 4 is 38.9 Å². The van der Waals surface area contributed by atoms with Gasteiger partial charge in [-0.25, -0.2) is 13.4 Å². The van der Waals surface area contributed by atoms with Crippen molar-refractivity contribution in [2.45, 2.75) is 6.42 Å². The van der Waals surface area contributed by atoms with E-state index in [4.69, 9.17) is 11.6 Å². The summed E-state index contributed by atoms with van der Waals surface area (Å²) in [4.78, 5) is 25.7. The van der Waals surface area contributed by atoms with E-state index >= 15 is 0 Å². The lowest BCUT2D eigenvalue weighted by Gasteiger charge is -2.09. The van der Waals surface area contributed by atoms with Crippen LogP contribution in [0.3, 0.4) is 0 Å². The van der Waals surface area contributed by atoms with Crippen molar-refractivity contribution in [1.29, 1.82) is 0 Å². The number of rotatable bonds is 3. The molecule has 1 aromatic rings. The molecule has 0 aliphatic carbocycles. The Morgan fingerprint density at radius 1 is 1.50 bits per heavy atom. The van der Waals surface area contributed by atoms with Gasteiger partial charge in [-0.2, -0.15) is 0 Å². The van der Waals surface area contributed by atoms with Gasteiger partial charge in [-0.05, 0) is 12.5 Å². The zero-order valence-corrected chi connectivity index (χ0v) is 11.6. The number of sulfone groups is 1. The van der Waals surface area contributed by atoms with E-state index in [9.17, 15) is 23.3 Å². The molecule has 8 nitrogen and oxygen atoms in total. The Kier molecular flexibility index (Phi) is 3.91. The number of nitrogens with one attached hydrogen (secondary N) is 1. The van der Waals surface area contributed by atoms with Crippen LogP contribution in [0.5, 0.6) is 0 Å². The summed E-state index contributed by atoms with van der Waals surface area (Å²) in [7, 11) is -3.21. The molecule has 1 aromatic heterocycles. The number of carbonyl (C=O) groups excluding carboxylic acids is 1. The van der Waals surface area contributed by atoms with Crippen molar-refractivity contribution in [3.63, 3.8) is 0 Å². The van der Waals surface area contributed by atoms with Crippen molar-refractivity contribution < 1.29 is 18.1 Å². The molecule has 1 aliphatic heterocycles. The Labute approximate surface area is 119 Å². The number of nitrogens with zero attached hydrogens (tertiary/aromatic N) is 2. The highest BCUT2D eigenvalue weighted by molar-refractivity contribution is 7.91. The van der Waals surface area contributed by atoms with E-state index in [0.717, 1.165) is 6.07 Å². The summed E-state index contributed by atoms with van der Waals surface area (Å²) in [6.45, 7) is 0. The van der Waals surface area contributed by atoms with Gasteiger partial charge in [0.15, 0.2) is 9.84 Å². The van der Waals surface area contributed by atoms with Gasteiger partial charge >= 0.3 is 5.69 Å². The molecule has 0 radical (unpaired) electrons. The van der Waals surface area contributed by atoms with Crippen LogP contribution >= 0.6 is 11.6 Å². The van der Waals surface area contributed by atoms with Crippen molar-refractivity contribution in [1.82, 2.24) is 4.98 Å². The average molecular weight is 320 g/mol. The number of halogens is 1. The van der Waals surface area contributed by atoms with Gasteiger partial charge in [-0.3, -0.25) is 14.9 Å². The summed E-state index contributed by atoms with van der Waals surface area (Å²) in [6, 6.07) is 2.35. The van der Waals surface area contributed by atoms with E-state index in [2.05, 4.69) is 10.3 Å². The van der Waals surface area contributed by atoms with E-state index in [-0.39, 0.29) is 28.9 Å². The molecular formula is C10H10ClN3O5S. The molecule has 1 saturated heterocycles. The minimum absolute atomic E-state index is 0.00931. The minimum atomic E-state index is -3.21. The van der Waals surface area contributed by atoms with Crippen LogP contribution in [0, 0.1) is 16.0 Å².